The summed E-state index contributed by atoms with van der Waals surface area (Å²) in [5, 5.41) is 3.15. The summed E-state index contributed by atoms with van der Waals surface area (Å²) < 4.78 is 0. The SMILES string of the molecule is CCCc1c(NC)ncnc1N(C)CCN(C)C. The van der Waals surface area contributed by atoms with Gasteiger partial charge in [0, 0.05) is 32.7 Å². The third-order valence-corrected chi connectivity index (χ3v) is 2.90. The number of nitrogens with zero attached hydrogens (tertiary/aromatic N) is 4. The van der Waals surface area contributed by atoms with Gasteiger partial charge in [-0.2, -0.15) is 0 Å². The van der Waals surface area contributed by atoms with Crippen LogP contribution in [0.25, 0.3) is 0 Å². The molecule has 0 unspecified atom stereocenters. The lowest BCUT2D eigenvalue weighted by atomic mass is 10.1. The first kappa shape index (κ1) is 14.7. The van der Waals surface area contributed by atoms with Gasteiger partial charge >= 0.3 is 0 Å². The minimum absolute atomic E-state index is 0.943. The van der Waals surface area contributed by atoms with Crippen LogP contribution in [0.3, 0.4) is 0 Å². The Morgan fingerprint density at radius 2 is 1.89 bits per heavy atom. The fourth-order valence-electron chi connectivity index (χ4n) is 1.88. The Bertz CT molecular complexity index is 364. The van der Waals surface area contributed by atoms with Crippen molar-refractivity contribution in [3.63, 3.8) is 0 Å². The molecule has 0 fully saturated rings. The van der Waals surface area contributed by atoms with Crippen LogP contribution in [-0.4, -0.2) is 56.1 Å². The Morgan fingerprint density at radius 1 is 1.17 bits per heavy atom. The van der Waals surface area contributed by atoms with E-state index in [-0.39, 0.29) is 0 Å². The average molecular weight is 251 g/mol. The number of aromatic nitrogens is 2. The summed E-state index contributed by atoms with van der Waals surface area (Å²) in [5.41, 5.74) is 1.21. The van der Waals surface area contributed by atoms with Crippen molar-refractivity contribution in [3.8, 4) is 0 Å². The van der Waals surface area contributed by atoms with Gasteiger partial charge in [0.2, 0.25) is 0 Å². The molecule has 1 aromatic heterocycles. The van der Waals surface area contributed by atoms with Crippen molar-refractivity contribution in [2.24, 2.45) is 0 Å². The number of nitrogens with one attached hydrogen (secondary N) is 1. The maximum Gasteiger partial charge on any atom is 0.137 e. The van der Waals surface area contributed by atoms with Gasteiger partial charge in [0.15, 0.2) is 0 Å². The van der Waals surface area contributed by atoms with Gasteiger partial charge in [0.1, 0.15) is 18.0 Å². The second-order valence-corrected chi connectivity index (χ2v) is 4.75. The van der Waals surface area contributed by atoms with E-state index in [1.165, 1.54) is 5.56 Å². The molecule has 5 nitrogen and oxygen atoms in total. The van der Waals surface area contributed by atoms with Crippen molar-refractivity contribution in [2.75, 3.05) is 51.5 Å². The first-order chi connectivity index (χ1) is 8.60. The molecule has 102 valence electrons. The Morgan fingerprint density at radius 3 is 2.44 bits per heavy atom. The molecule has 0 amide bonds. The molecular weight excluding hydrogens is 226 g/mol. The minimum Gasteiger partial charge on any atom is -0.373 e. The topological polar surface area (TPSA) is 44.3 Å². The van der Waals surface area contributed by atoms with Gasteiger partial charge in [-0.15, -0.1) is 0 Å². The zero-order valence-corrected chi connectivity index (χ0v) is 12.2. The molecule has 0 radical (unpaired) electrons. The molecule has 0 atom stereocenters. The fourth-order valence-corrected chi connectivity index (χ4v) is 1.88. The van der Waals surface area contributed by atoms with E-state index >= 15 is 0 Å². The molecule has 1 rings (SSSR count). The van der Waals surface area contributed by atoms with Crippen LogP contribution in [-0.2, 0) is 6.42 Å². The lowest BCUT2D eigenvalue weighted by Crippen LogP contribution is -2.30. The highest BCUT2D eigenvalue weighted by Gasteiger charge is 2.13. The molecule has 0 aromatic carbocycles. The number of anilines is 2. The van der Waals surface area contributed by atoms with Crippen LogP contribution in [0, 0.1) is 0 Å². The highest BCUT2D eigenvalue weighted by atomic mass is 15.2. The second-order valence-electron chi connectivity index (χ2n) is 4.75. The maximum atomic E-state index is 4.44. The van der Waals surface area contributed by atoms with Crippen molar-refractivity contribution >= 4 is 11.6 Å². The van der Waals surface area contributed by atoms with Crippen LogP contribution >= 0.6 is 0 Å². The normalized spacial score (nSPS) is 10.8. The Balaban J connectivity index is 2.91. The summed E-state index contributed by atoms with van der Waals surface area (Å²) >= 11 is 0. The molecule has 1 N–H and O–H groups in total. The minimum atomic E-state index is 0.943. The van der Waals surface area contributed by atoms with E-state index in [0.29, 0.717) is 0 Å². The van der Waals surface area contributed by atoms with Gasteiger partial charge in [0.05, 0.1) is 0 Å². The summed E-state index contributed by atoms with van der Waals surface area (Å²) in [6, 6.07) is 0. The van der Waals surface area contributed by atoms with Crippen LogP contribution in [0.2, 0.25) is 0 Å². The van der Waals surface area contributed by atoms with Crippen LogP contribution in [0.15, 0.2) is 6.33 Å². The summed E-state index contributed by atoms with van der Waals surface area (Å²) in [5.74, 6) is 1.98. The van der Waals surface area contributed by atoms with Gasteiger partial charge in [-0.3, -0.25) is 0 Å². The Hall–Kier alpha value is -1.36. The molecule has 1 heterocycles. The number of hydrogen-bond donors (Lipinski definition) is 1. The van der Waals surface area contributed by atoms with E-state index in [9.17, 15) is 0 Å². The third-order valence-electron chi connectivity index (χ3n) is 2.90. The molecule has 0 spiro atoms. The third kappa shape index (κ3) is 3.84. The quantitative estimate of drug-likeness (QED) is 0.795. The maximum absolute atomic E-state index is 4.44. The Kier molecular flexibility index (Phi) is 5.85. The van der Waals surface area contributed by atoms with Crippen molar-refractivity contribution < 1.29 is 0 Å². The predicted octanol–water partition coefficient (Wildman–Crippen LogP) is 1.47. The van der Waals surface area contributed by atoms with Crippen LogP contribution in [0.5, 0.6) is 0 Å². The van der Waals surface area contributed by atoms with Crippen molar-refractivity contribution in [2.45, 2.75) is 19.8 Å². The molecule has 0 bridgehead atoms. The second kappa shape index (κ2) is 7.16. The first-order valence-corrected chi connectivity index (χ1v) is 6.47. The summed E-state index contributed by atoms with van der Waals surface area (Å²) in [4.78, 5) is 13.1. The number of rotatable bonds is 7. The molecule has 18 heavy (non-hydrogen) atoms. The van der Waals surface area contributed by atoms with Gasteiger partial charge in [0.25, 0.3) is 0 Å². The zero-order valence-electron chi connectivity index (χ0n) is 12.2. The number of hydrogen-bond acceptors (Lipinski definition) is 5. The van der Waals surface area contributed by atoms with Gasteiger partial charge in [-0.25, -0.2) is 9.97 Å². The van der Waals surface area contributed by atoms with Crippen LogP contribution < -0.4 is 10.2 Å². The largest absolute Gasteiger partial charge is 0.373 e. The summed E-state index contributed by atoms with van der Waals surface area (Å²) in [6.07, 6.45) is 3.72. The first-order valence-electron chi connectivity index (χ1n) is 6.47. The van der Waals surface area contributed by atoms with E-state index in [1.807, 2.05) is 7.05 Å². The van der Waals surface area contributed by atoms with Crippen LogP contribution in [0.4, 0.5) is 11.6 Å². The molecule has 0 saturated heterocycles. The standard InChI is InChI=1S/C13H25N5/c1-6-7-11-12(14-2)15-10-16-13(11)18(5)9-8-17(3)4/h10H,6-9H2,1-5H3,(H,14,15,16). The van der Waals surface area contributed by atoms with Crippen molar-refractivity contribution in [3.05, 3.63) is 11.9 Å². The van der Waals surface area contributed by atoms with Gasteiger partial charge < -0.3 is 15.1 Å². The summed E-state index contributed by atoms with van der Waals surface area (Å²) in [6.45, 7) is 4.15. The highest BCUT2D eigenvalue weighted by Crippen LogP contribution is 2.23. The molecule has 1 aromatic rings. The molecule has 0 aliphatic carbocycles. The van der Waals surface area contributed by atoms with Crippen LogP contribution in [0.1, 0.15) is 18.9 Å². The zero-order chi connectivity index (χ0) is 13.5. The average Bonchev–Trinajstić information content (AvgIpc) is 2.36. The van der Waals surface area contributed by atoms with Gasteiger partial charge in [-0.1, -0.05) is 13.3 Å². The van der Waals surface area contributed by atoms with Crippen molar-refractivity contribution in [1.82, 2.24) is 14.9 Å². The smallest absolute Gasteiger partial charge is 0.137 e. The molecule has 0 aliphatic heterocycles. The molecule has 0 saturated carbocycles. The van der Waals surface area contributed by atoms with E-state index in [2.05, 4.69) is 53.2 Å². The van der Waals surface area contributed by atoms with Gasteiger partial charge in [-0.05, 0) is 20.5 Å². The lowest BCUT2D eigenvalue weighted by molar-refractivity contribution is 0.416. The van der Waals surface area contributed by atoms with Crippen molar-refractivity contribution in [1.29, 1.82) is 0 Å². The van der Waals surface area contributed by atoms with E-state index in [0.717, 1.165) is 37.6 Å². The summed E-state index contributed by atoms with van der Waals surface area (Å²) in [7, 11) is 8.16. The molecule has 5 heteroatoms. The predicted molar refractivity (Wildman–Crippen MR) is 77.4 cm³/mol. The number of likely N-dealkylation sites (N-methyl/N-ethyl adjacent to an activating group) is 2. The Labute approximate surface area is 110 Å². The van der Waals surface area contributed by atoms with E-state index in [1.54, 1.807) is 6.33 Å². The van der Waals surface area contributed by atoms with E-state index < -0.39 is 0 Å². The monoisotopic (exact) mass is 251 g/mol. The fraction of sp³-hybridized carbons (Fsp3) is 0.692. The molecule has 0 aliphatic rings. The molecular formula is C13H25N5. The highest BCUT2D eigenvalue weighted by molar-refractivity contribution is 5.58. The van der Waals surface area contributed by atoms with E-state index in [4.69, 9.17) is 0 Å². The lowest BCUT2D eigenvalue weighted by Gasteiger charge is -2.23.